The number of unbranched alkanes of at least 4 members (excludes halogenated alkanes) is 8. The minimum atomic E-state index is -2.66. The van der Waals surface area contributed by atoms with E-state index in [-0.39, 0.29) is 47.5 Å². The molecule has 196 valence electrons. The molecule has 2 aliphatic rings. The van der Waals surface area contributed by atoms with Crippen molar-refractivity contribution >= 4 is 23.4 Å². The number of aliphatic hydroxyl groups is 3. The molecule has 1 amide bonds. The first-order chi connectivity index (χ1) is 16.8. The fourth-order valence-corrected chi connectivity index (χ4v) is 4.74. The smallest absolute Gasteiger partial charge is 0.545 e. The standard InChI is InChI=1S/C23H36N4O8.Na/c1-2-3-4-5-6-7-8-9-10-11-16(29)26-14-27(20-17(26)21(32)25-13-24-20)23(22(33)34)19(31)18(30)15(12-28)35-23;/h13,15,18-19,28,30-31H,2-12,14H2,1H3,(H,33,34)(H,24,25,32);/q;+1/p-1/t15-,18-,19-,23+;/m1./s1. The number of rotatable bonds is 13. The molecule has 1 aromatic heterocycles. The molecule has 0 saturated carbocycles. The first kappa shape index (κ1) is 30.7. The molecular weight excluding hydrogens is 483 g/mol. The van der Waals surface area contributed by atoms with Crippen LogP contribution in [0.5, 0.6) is 0 Å². The van der Waals surface area contributed by atoms with Gasteiger partial charge in [-0.05, 0) is 6.42 Å². The number of amides is 1. The van der Waals surface area contributed by atoms with Crippen LogP contribution in [0.4, 0.5) is 11.5 Å². The molecule has 0 unspecified atom stereocenters. The number of carbonyl (C=O) groups excluding carboxylic acids is 2. The van der Waals surface area contributed by atoms with E-state index in [0.29, 0.717) is 6.42 Å². The van der Waals surface area contributed by atoms with Crippen LogP contribution in [0.25, 0.3) is 0 Å². The van der Waals surface area contributed by atoms with E-state index in [0.717, 1.165) is 41.8 Å². The minimum absolute atomic E-state index is 0. The Balaban J connectivity index is 0.00000456. The summed E-state index contributed by atoms with van der Waals surface area (Å²) in [6, 6.07) is 0. The predicted octanol–water partition coefficient (Wildman–Crippen LogP) is -3.64. The van der Waals surface area contributed by atoms with Crippen LogP contribution in [0, 0.1) is 0 Å². The number of nitrogens with zero attached hydrogens (tertiary/aromatic N) is 3. The van der Waals surface area contributed by atoms with Crippen molar-refractivity contribution in [2.75, 3.05) is 23.1 Å². The molecule has 2 aliphatic heterocycles. The molecule has 0 radical (unpaired) electrons. The first-order valence-electron chi connectivity index (χ1n) is 12.3. The summed E-state index contributed by atoms with van der Waals surface area (Å²) in [5.74, 6) is -2.51. The number of anilines is 2. The van der Waals surface area contributed by atoms with Crippen molar-refractivity contribution in [3.8, 4) is 0 Å². The fraction of sp³-hybridized carbons (Fsp3) is 0.739. The van der Waals surface area contributed by atoms with Gasteiger partial charge in [0, 0.05) is 6.42 Å². The van der Waals surface area contributed by atoms with Crippen LogP contribution in [-0.2, 0) is 14.3 Å². The van der Waals surface area contributed by atoms with E-state index in [9.17, 15) is 34.8 Å². The minimum Gasteiger partial charge on any atom is -0.545 e. The number of aliphatic hydroxyl groups excluding tert-OH is 3. The number of aliphatic carboxylic acids is 1. The van der Waals surface area contributed by atoms with Gasteiger partial charge in [0.25, 0.3) is 5.56 Å². The van der Waals surface area contributed by atoms with Crippen molar-refractivity contribution in [3.05, 3.63) is 16.7 Å². The molecule has 0 aliphatic carbocycles. The van der Waals surface area contributed by atoms with E-state index in [4.69, 9.17) is 4.74 Å². The molecule has 12 nitrogen and oxygen atoms in total. The van der Waals surface area contributed by atoms with Gasteiger partial charge in [0.05, 0.1) is 18.9 Å². The number of hydrogen-bond acceptors (Lipinski definition) is 10. The Labute approximate surface area is 232 Å². The van der Waals surface area contributed by atoms with Gasteiger partial charge in [-0.1, -0.05) is 58.3 Å². The molecule has 3 heterocycles. The predicted molar refractivity (Wildman–Crippen MR) is 123 cm³/mol. The number of carboxylic acid groups (broad SMARTS) is 1. The summed E-state index contributed by atoms with van der Waals surface area (Å²) in [6.45, 7) is 0.953. The normalized spacial score (nSPS) is 25.1. The van der Waals surface area contributed by atoms with Crippen LogP contribution in [-0.4, -0.2) is 74.5 Å². The van der Waals surface area contributed by atoms with Gasteiger partial charge >= 0.3 is 29.6 Å². The third-order valence-electron chi connectivity index (χ3n) is 6.72. The zero-order chi connectivity index (χ0) is 25.6. The van der Waals surface area contributed by atoms with Crippen LogP contribution < -0.4 is 50.0 Å². The number of H-pyrrole nitrogens is 1. The molecular formula is C23H35N4NaO8. The van der Waals surface area contributed by atoms with E-state index in [2.05, 4.69) is 16.9 Å². The van der Waals surface area contributed by atoms with E-state index in [1.807, 2.05) is 0 Å². The Morgan fingerprint density at radius 3 is 2.33 bits per heavy atom. The van der Waals surface area contributed by atoms with Crippen molar-refractivity contribution in [3.63, 3.8) is 0 Å². The number of ether oxygens (including phenoxy) is 1. The van der Waals surface area contributed by atoms with Crippen LogP contribution >= 0.6 is 0 Å². The van der Waals surface area contributed by atoms with Crippen LogP contribution in [0.2, 0.25) is 0 Å². The summed E-state index contributed by atoms with van der Waals surface area (Å²) in [6.07, 6.45) is 5.60. The monoisotopic (exact) mass is 518 g/mol. The SMILES string of the molecule is CCCCCCCCCCCC(=O)N1CN([C@]2(C(=O)[O-])O[C@H](CO)[C@@H](O)[C@H]2O)c2nc[nH]c(=O)c21.[Na+]. The van der Waals surface area contributed by atoms with Gasteiger partial charge in [0.2, 0.25) is 11.6 Å². The Kier molecular flexibility index (Phi) is 11.8. The van der Waals surface area contributed by atoms with E-state index >= 15 is 0 Å². The van der Waals surface area contributed by atoms with Crippen LogP contribution in [0.15, 0.2) is 11.1 Å². The second kappa shape index (κ2) is 13.8. The maximum atomic E-state index is 13.0. The second-order valence-electron chi connectivity index (χ2n) is 9.13. The van der Waals surface area contributed by atoms with Gasteiger partial charge in [0.1, 0.15) is 25.0 Å². The van der Waals surface area contributed by atoms with Crippen molar-refractivity contribution in [2.45, 2.75) is 95.2 Å². The summed E-state index contributed by atoms with van der Waals surface area (Å²) in [4.78, 5) is 46.2. The zero-order valence-corrected chi connectivity index (χ0v) is 23.0. The molecule has 13 heteroatoms. The number of nitrogens with one attached hydrogen (secondary N) is 1. The summed E-state index contributed by atoms with van der Waals surface area (Å²) >= 11 is 0. The van der Waals surface area contributed by atoms with Gasteiger partial charge in [-0.3, -0.25) is 14.5 Å². The first-order valence-corrected chi connectivity index (χ1v) is 12.3. The second-order valence-corrected chi connectivity index (χ2v) is 9.13. The summed E-state index contributed by atoms with van der Waals surface area (Å²) in [5, 5.41) is 42.4. The average Bonchev–Trinajstić information content (AvgIpc) is 3.35. The summed E-state index contributed by atoms with van der Waals surface area (Å²) in [5.41, 5.74) is -3.50. The van der Waals surface area contributed by atoms with Gasteiger partial charge < -0.3 is 39.8 Å². The maximum absolute atomic E-state index is 13.0. The van der Waals surface area contributed by atoms with E-state index in [1.165, 1.54) is 25.7 Å². The largest absolute Gasteiger partial charge is 1.00 e. The number of fused-ring (bicyclic) bond motifs is 1. The average molecular weight is 519 g/mol. The number of carboxylic acids is 1. The molecule has 4 N–H and O–H groups in total. The Morgan fingerprint density at radius 2 is 1.78 bits per heavy atom. The number of aromatic nitrogens is 2. The summed E-state index contributed by atoms with van der Waals surface area (Å²) < 4.78 is 5.38. The maximum Gasteiger partial charge on any atom is 1.00 e. The molecule has 0 aromatic carbocycles. The molecule has 1 fully saturated rings. The van der Waals surface area contributed by atoms with E-state index < -0.39 is 54.7 Å². The molecule has 1 aromatic rings. The van der Waals surface area contributed by atoms with Crippen LogP contribution in [0.3, 0.4) is 0 Å². The van der Waals surface area contributed by atoms with E-state index in [1.54, 1.807) is 0 Å². The van der Waals surface area contributed by atoms with Gasteiger partial charge in [-0.25, -0.2) is 4.98 Å². The third-order valence-corrected chi connectivity index (χ3v) is 6.72. The fourth-order valence-electron chi connectivity index (χ4n) is 4.74. The van der Waals surface area contributed by atoms with Crippen molar-refractivity contribution in [2.24, 2.45) is 0 Å². The number of aromatic amines is 1. The molecule has 1 saturated heterocycles. The van der Waals surface area contributed by atoms with Crippen LogP contribution in [0.1, 0.15) is 71.1 Å². The van der Waals surface area contributed by atoms with Crippen molar-refractivity contribution in [1.82, 2.24) is 9.97 Å². The molecule has 0 spiro atoms. The Hall–Kier alpha value is -1.54. The van der Waals surface area contributed by atoms with Crippen molar-refractivity contribution < 1.29 is 64.3 Å². The zero-order valence-electron chi connectivity index (χ0n) is 21.0. The van der Waals surface area contributed by atoms with Gasteiger partial charge in [-0.2, -0.15) is 0 Å². The Bertz CT molecular complexity index is 947. The molecule has 0 bridgehead atoms. The molecule has 3 rings (SSSR count). The number of hydrogen-bond donors (Lipinski definition) is 4. The van der Waals surface area contributed by atoms with Crippen molar-refractivity contribution in [1.29, 1.82) is 0 Å². The Morgan fingerprint density at radius 1 is 1.17 bits per heavy atom. The topological polar surface area (TPSA) is 179 Å². The quantitative estimate of drug-likeness (QED) is 0.150. The molecule has 4 atom stereocenters. The third kappa shape index (κ3) is 6.12. The van der Waals surface area contributed by atoms with Gasteiger partial charge in [0.15, 0.2) is 11.5 Å². The van der Waals surface area contributed by atoms with Gasteiger partial charge in [-0.15, -0.1) is 0 Å². The molecule has 36 heavy (non-hydrogen) atoms. The summed E-state index contributed by atoms with van der Waals surface area (Å²) in [7, 11) is 0. The number of carbonyl (C=O) groups is 2.